The van der Waals surface area contributed by atoms with Crippen LogP contribution in [0.5, 0.6) is 0 Å². The Morgan fingerprint density at radius 3 is 3.09 bits per heavy atom. The first-order chi connectivity index (χ1) is 11.1. The smallest absolute Gasteiger partial charge is 0.251 e. The summed E-state index contributed by atoms with van der Waals surface area (Å²) in [6.07, 6.45) is 0.186. The number of fused-ring (bicyclic) bond motifs is 1. The first kappa shape index (κ1) is 16.0. The van der Waals surface area contributed by atoms with Crippen molar-refractivity contribution in [3.8, 4) is 0 Å². The standard InChI is InChI=1S/C16H17N3O2S2/c1-3-22-16-17-10(8-23-16)7-12(20)19-14-13-9(2)5-4-6-11(13)18-15(14)21/h4-6,8,14H,3,7H2,1-2H3,(H,18,21)(H,19,20)/t14-/m1/s1. The van der Waals surface area contributed by atoms with Crippen molar-refractivity contribution < 1.29 is 9.59 Å². The van der Waals surface area contributed by atoms with Crippen LogP contribution in [0, 0.1) is 6.92 Å². The van der Waals surface area contributed by atoms with Crippen LogP contribution in [-0.2, 0) is 16.0 Å². The number of hydrogen-bond acceptors (Lipinski definition) is 5. The molecule has 2 N–H and O–H groups in total. The quantitative estimate of drug-likeness (QED) is 0.816. The second-order valence-corrected chi connectivity index (χ2v) is 7.61. The third kappa shape index (κ3) is 3.40. The number of carbonyl (C=O) groups is 2. The molecule has 0 spiro atoms. The van der Waals surface area contributed by atoms with Crippen LogP contribution < -0.4 is 10.6 Å². The number of aryl methyl sites for hydroxylation is 1. The third-order valence-electron chi connectivity index (χ3n) is 3.58. The Morgan fingerprint density at radius 2 is 2.30 bits per heavy atom. The summed E-state index contributed by atoms with van der Waals surface area (Å²) in [4.78, 5) is 28.8. The maximum Gasteiger partial charge on any atom is 0.251 e. The molecule has 2 aromatic rings. The highest BCUT2D eigenvalue weighted by Crippen LogP contribution is 2.33. The van der Waals surface area contributed by atoms with Crippen molar-refractivity contribution >= 4 is 40.6 Å². The molecule has 1 aliphatic rings. The SMILES string of the molecule is CCSc1nc(CC(=O)N[C@H]2C(=O)Nc3cccc(C)c32)cs1. The van der Waals surface area contributed by atoms with E-state index in [9.17, 15) is 9.59 Å². The number of carbonyl (C=O) groups excluding carboxylic acids is 2. The molecular weight excluding hydrogens is 330 g/mol. The Balaban J connectivity index is 1.70. The minimum absolute atomic E-state index is 0.186. The maximum atomic E-state index is 12.3. The molecule has 0 radical (unpaired) electrons. The lowest BCUT2D eigenvalue weighted by molar-refractivity contribution is -0.125. The van der Waals surface area contributed by atoms with Crippen LogP contribution in [0.25, 0.3) is 0 Å². The summed E-state index contributed by atoms with van der Waals surface area (Å²) in [7, 11) is 0. The summed E-state index contributed by atoms with van der Waals surface area (Å²) in [6.45, 7) is 4.00. The molecule has 5 nitrogen and oxygen atoms in total. The molecule has 0 fully saturated rings. The lowest BCUT2D eigenvalue weighted by Gasteiger charge is -2.13. The predicted octanol–water partition coefficient (Wildman–Crippen LogP) is 2.92. The van der Waals surface area contributed by atoms with Crippen LogP contribution in [0.3, 0.4) is 0 Å². The molecule has 0 aliphatic carbocycles. The van der Waals surface area contributed by atoms with Crippen LogP contribution in [0.2, 0.25) is 0 Å². The molecule has 0 unspecified atom stereocenters. The van der Waals surface area contributed by atoms with Gasteiger partial charge in [0.2, 0.25) is 5.91 Å². The Labute approximate surface area is 142 Å². The second-order valence-electron chi connectivity index (χ2n) is 5.24. The van der Waals surface area contributed by atoms with Gasteiger partial charge in [0.15, 0.2) is 0 Å². The number of aromatic nitrogens is 1. The van der Waals surface area contributed by atoms with E-state index < -0.39 is 6.04 Å². The van der Waals surface area contributed by atoms with E-state index in [1.54, 1.807) is 23.1 Å². The zero-order valence-corrected chi connectivity index (χ0v) is 14.5. The van der Waals surface area contributed by atoms with Crippen molar-refractivity contribution in [3.63, 3.8) is 0 Å². The minimum atomic E-state index is -0.623. The maximum absolute atomic E-state index is 12.3. The first-order valence-electron chi connectivity index (χ1n) is 7.35. The van der Waals surface area contributed by atoms with Crippen LogP contribution in [0.15, 0.2) is 27.9 Å². The average Bonchev–Trinajstić information content (AvgIpc) is 3.05. The van der Waals surface area contributed by atoms with E-state index >= 15 is 0 Å². The molecule has 7 heteroatoms. The van der Waals surface area contributed by atoms with Gasteiger partial charge in [-0.25, -0.2) is 4.98 Å². The number of amides is 2. The van der Waals surface area contributed by atoms with E-state index in [2.05, 4.69) is 22.5 Å². The van der Waals surface area contributed by atoms with E-state index in [0.717, 1.165) is 32.6 Å². The highest BCUT2D eigenvalue weighted by Gasteiger charge is 2.32. The van der Waals surface area contributed by atoms with Crippen molar-refractivity contribution in [2.75, 3.05) is 11.1 Å². The summed E-state index contributed by atoms with van der Waals surface area (Å²) < 4.78 is 0.968. The third-order valence-corrected chi connectivity index (χ3v) is 5.53. The summed E-state index contributed by atoms with van der Waals surface area (Å²) in [5.41, 5.74) is 3.36. The van der Waals surface area contributed by atoms with Gasteiger partial charge in [-0.3, -0.25) is 9.59 Å². The summed E-state index contributed by atoms with van der Waals surface area (Å²) in [5, 5.41) is 7.52. The number of rotatable bonds is 5. The average molecular weight is 347 g/mol. The molecule has 0 saturated carbocycles. The molecule has 3 rings (SSSR count). The summed E-state index contributed by atoms with van der Waals surface area (Å²) in [5.74, 6) is 0.569. The Morgan fingerprint density at radius 1 is 1.48 bits per heavy atom. The van der Waals surface area contributed by atoms with Gasteiger partial charge < -0.3 is 10.6 Å². The lowest BCUT2D eigenvalue weighted by Crippen LogP contribution is -2.34. The number of anilines is 1. The molecule has 2 amide bonds. The van der Waals surface area contributed by atoms with Crippen LogP contribution >= 0.6 is 23.1 Å². The van der Waals surface area contributed by atoms with E-state index in [0.29, 0.717) is 0 Å². The number of thioether (sulfide) groups is 1. The van der Waals surface area contributed by atoms with Crippen LogP contribution in [0.1, 0.15) is 29.8 Å². The van der Waals surface area contributed by atoms with Crippen molar-refractivity contribution in [3.05, 3.63) is 40.4 Å². The zero-order chi connectivity index (χ0) is 16.4. The minimum Gasteiger partial charge on any atom is -0.340 e. The predicted molar refractivity (Wildman–Crippen MR) is 92.9 cm³/mol. The Bertz CT molecular complexity index is 758. The molecule has 1 aliphatic heterocycles. The fraction of sp³-hybridized carbons (Fsp3) is 0.312. The molecule has 0 bridgehead atoms. The van der Waals surface area contributed by atoms with Crippen LogP contribution in [-0.4, -0.2) is 22.6 Å². The second kappa shape index (κ2) is 6.72. The van der Waals surface area contributed by atoms with Crippen molar-refractivity contribution in [1.82, 2.24) is 10.3 Å². The number of nitrogens with zero attached hydrogens (tertiary/aromatic N) is 1. The van der Waals surface area contributed by atoms with Crippen LogP contribution in [0.4, 0.5) is 5.69 Å². The van der Waals surface area contributed by atoms with Gasteiger partial charge in [0.25, 0.3) is 5.91 Å². The van der Waals surface area contributed by atoms with Gasteiger partial charge in [0, 0.05) is 16.6 Å². The van der Waals surface area contributed by atoms with Gasteiger partial charge in [-0.2, -0.15) is 0 Å². The van der Waals surface area contributed by atoms with Gasteiger partial charge in [-0.05, 0) is 24.3 Å². The van der Waals surface area contributed by atoms with Crippen molar-refractivity contribution in [2.45, 2.75) is 30.6 Å². The number of benzene rings is 1. The topological polar surface area (TPSA) is 71.1 Å². The first-order valence-corrected chi connectivity index (χ1v) is 9.22. The van der Waals surface area contributed by atoms with Gasteiger partial charge >= 0.3 is 0 Å². The van der Waals surface area contributed by atoms with Gasteiger partial charge in [-0.15, -0.1) is 11.3 Å². The number of thiazole rings is 1. The van der Waals surface area contributed by atoms with Crippen molar-refractivity contribution in [1.29, 1.82) is 0 Å². The van der Waals surface area contributed by atoms with Gasteiger partial charge in [0.1, 0.15) is 10.4 Å². The van der Waals surface area contributed by atoms with Gasteiger partial charge in [-0.1, -0.05) is 30.8 Å². The molecule has 2 heterocycles. The Hall–Kier alpha value is -1.86. The molecule has 1 aromatic heterocycles. The molecule has 120 valence electrons. The van der Waals surface area contributed by atoms with E-state index in [1.165, 1.54) is 0 Å². The Kier molecular flexibility index (Phi) is 4.68. The molecule has 23 heavy (non-hydrogen) atoms. The number of nitrogens with one attached hydrogen (secondary N) is 2. The molecule has 0 saturated heterocycles. The fourth-order valence-electron chi connectivity index (χ4n) is 2.58. The van der Waals surface area contributed by atoms with E-state index in [4.69, 9.17) is 0 Å². The lowest BCUT2D eigenvalue weighted by atomic mass is 10.0. The zero-order valence-electron chi connectivity index (χ0n) is 12.9. The van der Waals surface area contributed by atoms with E-state index in [-0.39, 0.29) is 18.2 Å². The van der Waals surface area contributed by atoms with E-state index in [1.807, 2.05) is 30.5 Å². The van der Waals surface area contributed by atoms with Crippen molar-refractivity contribution in [2.24, 2.45) is 0 Å². The molecule has 1 aromatic carbocycles. The normalized spacial score (nSPS) is 16.1. The highest BCUT2D eigenvalue weighted by molar-refractivity contribution is 8.00. The highest BCUT2D eigenvalue weighted by atomic mass is 32.2. The molecule has 1 atom stereocenters. The molecular formula is C16H17N3O2S2. The van der Waals surface area contributed by atoms with Gasteiger partial charge in [0.05, 0.1) is 12.1 Å². The monoisotopic (exact) mass is 347 g/mol. The summed E-state index contributed by atoms with van der Waals surface area (Å²) in [6, 6.07) is 5.05. The number of hydrogen-bond donors (Lipinski definition) is 2. The summed E-state index contributed by atoms with van der Waals surface area (Å²) >= 11 is 3.20. The largest absolute Gasteiger partial charge is 0.340 e. The fourth-order valence-corrected chi connectivity index (χ4v) is 4.32.